The third-order valence-electron chi connectivity index (χ3n) is 1.48. The van der Waals surface area contributed by atoms with Gasteiger partial charge >= 0.3 is 0 Å². The van der Waals surface area contributed by atoms with E-state index < -0.39 is 6.01 Å². The fourth-order valence-electron chi connectivity index (χ4n) is 0.837. The Morgan fingerprint density at radius 1 is 1.43 bits per heavy atom. The molecule has 2 nitrogen and oxygen atoms in total. The van der Waals surface area contributed by atoms with Crippen molar-refractivity contribution >= 4 is 0 Å². The van der Waals surface area contributed by atoms with Crippen molar-refractivity contribution in [1.29, 1.82) is 5.26 Å². The number of benzene rings is 1. The van der Waals surface area contributed by atoms with Gasteiger partial charge in [0.15, 0.2) is 0 Å². The highest BCUT2D eigenvalue weighted by atomic mass is 19.1. The number of hydrogen-bond acceptors (Lipinski definition) is 2. The van der Waals surface area contributed by atoms with Crippen LogP contribution in [0, 0.1) is 11.3 Å². The van der Waals surface area contributed by atoms with Crippen LogP contribution >= 0.6 is 0 Å². The van der Waals surface area contributed by atoms with Crippen molar-refractivity contribution in [2.45, 2.75) is 14.0 Å². The van der Waals surface area contributed by atoms with Crippen LogP contribution < -0.4 is 0 Å². The SMILES string of the molecule is C.C=C(F)OCc1ccc(C#N)cc1. The smallest absolute Gasteiger partial charge is 0.265 e. The highest BCUT2D eigenvalue weighted by Crippen LogP contribution is 2.07. The van der Waals surface area contributed by atoms with Crippen LogP contribution in [-0.4, -0.2) is 0 Å². The van der Waals surface area contributed by atoms with E-state index in [0.29, 0.717) is 5.56 Å². The number of rotatable bonds is 3. The Kier molecular flexibility index (Phi) is 5.01. The number of nitriles is 1. The zero-order valence-corrected chi connectivity index (χ0v) is 6.96. The minimum absolute atomic E-state index is 0. The average Bonchev–Trinajstić information content (AvgIpc) is 2.15. The van der Waals surface area contributed by atoms with Crippen LogP contribution in [0.15, 0.2) is 36.9 Å². The van der Waals surface area contributed by atoms with Crippen molar-refractivity contribution in [2.75, 3.05) is 0 Å². The molecule has 0 bridgehead atoms. The first-order valence-corrected chi connectivity index (χ1v) is 3.68. The zero-order valence-electron chi connectivity index (χ0n) is 6.96. The highest BCUT2D eigenvalue weighted by Gasteiger charge is 1.95. The van der Waals surface area contributed by atoms with Gasteiger partial charge < -0.3 is 4.74 Å². The summed E-state index contributed by atoms with van der Waals surface area (Å²) in [6.07, 6.45) is 0. The molecule has 0 aliphatic heterocycles. The summed E-state index contributed by atoms with van der Waals surface area (Å²) in [7, 11) is 0. The first kappa shape index (κ1) is 12.2. The van der Waals surface area contributed by atoms with E-state index >= 15 is 0 Å². The Morgan fingerprint density at radius 3 is 2.43 bits per heavy atom. The average molecular weight is 193 g/mol. The quantitative estimate of drug-likeness (QED) is 0.691. The Balaban J connectivity index is 0.00000169. The van der Waals surface area contributed by atoms with Gasteiger partial charge in [-0.15, -0.1) is 0 Å². The van der Waals surface area contributed by atoms with E-state index in [1.165, 1.54) is 0 Å². The molecule has 1 aromatic carbocycles. The first-order chi connectivity index (χ1) is 6.22. The van der Waals surface area contributed by atoms with Crippen LogP contribution in [0.2, 0.25) is 0 Å². The first-order valence-electron chi connectivity index (χ1n) is 3.68. The molecule has 0 unspecified atom stereocenters. The highest BCUT2D eigenvalue weighted by molar-refractivity contribution is 5.31. The van der Waals surface area contributed by atoms with E-state index in [0.717, 1.165) is 5.56 Å². The number of halogens is 1. The molecular formula is C11H12FNO. The second kappa shape index (κ2) is 5.76. The summed E-state index contributed by atoms with van der Waals surface area (Å²) in [5.41, 5.74) is 1.38. The largest absolute Gasteiger partial charge is 0.466 e. The Labute approximate surface area is 83.2 Å². The molecule has 0 saturated carbocycles. The van der Waals surface area contributed by atoms with E-state index in [9.17, 15) is 4.39 Å². The maximum absolute atomic E-state index is 12.1. The molecule has 1 aromatic rings. The summed E-state index contributed by atoms with van der Waals surface area (Å²) in [6, 6.07) is 7.91. The lowest BCUT2D eigenvalue weighted by molar-refractivity contribution is 0.135. The fourth-order valence-corrected chi connectivity index (χ4v) is 0.837. The van der Waals surface area contributed by atoms with E-state index in [1.807, 2.05) is 6.07 Å². The number of nitrogens with zero attached hydrogens (tertiary/aromatic N) is 1. The molecule has 1 rings (SSSR count). The maximum atomic E-state index is 12.1. The van der Waals surface area contributed by atoms with Crippen LogP contribution in [0.3, 0.4) is 0 Å². The molecule has 3 heteroatoms. The van der Waals surface area contributed by atoms with Crippen molar-refractivity contribution in [3.63, 3.8) is 0 Å². The van der Waals surface area contributed by atoms with Crippen LogP contribution in [0.5, 0.6) is 0 Å². The van der Waals surface area contributed by atoms with Crippen molar-refractivity contribution in [3.8, 4) is 6.07 Å². The Morgan fingerprint density at radius 2 is 2.00 bits per heavy atom. The second-order valence-corrected chi connectivity index (χ2v) is 2.45. The van der Waals surface area contributed by atoms with Gasteiger partial charge in [0.1, 0.15) is 6.61 Å². The molecule has 0 amide bonds. The van der Waals surface area contributed by atoms with E-state index in [1.54, 1.807) is 24.3 Å². The second-order valence-electron chi connectivity index (χ2n) is 2.45. The predicted octanol–water partition coefficient (Wildman–Crippen LogP) is 3.15. The van der Waals surface area contributed by atoms with Gasteiger partial charge in [-0.2, -0.15) is 9.65 Å². The Bertz CT molecular complexity index is 337. The van der Waals surface area contributed by atoms with Crippen molar-refractivity contribution in [3.05, 3.63) is 48.0 Å². The molecule has 0 atom stereocenters. The Hall–Kier alpha value is -1.82. The number of ether oxygens (including phenoxy) is 1. The van der Waals surface area contributed by atoms with Gasteiger partial charge in [0, 0.05) is 0 Å². The molecule has 0 aliphatic carbocycles. The van der Waals surface area contributed by atoms with Crippen molar-refractivity contribution in [1.82, 2.24) is 0 Å². The summed E-state index contributed by atoms with van der Waals surface area (Å²) in [6.45, 7) is 3.10. The fraction of sp³-hybridized carbons (Fsp3) is 0.182. The van der Waals surface area contributed by atoms with Gasteiger partial charge in [-0.05, 0) is 24.3 Å². The lowest BCUT2D eigenvalue weighted by Crippen LogP contribution is -1.88. The summed E-state index contributed by atoms with van der Waals surface area (Å²) in [5.74, 6) is 0. The molecule has 0 N–H and O–H groups in total. The van der Waals surface area contributed by atoms with Crippen LogP contribution in [0.25, 0.3) is 0 Å². The van der Waals surface area contributed by atoms with Gasteiger partial charge in [-0.3, -0.25) is 0 Å². The summed E-state index contributed by atoms with van der Waals surface area (Å²) >= 11 is 0. The minimum Gasteiger partial charge on any atom is -0.466 e. The van der Waals surface area contributed by atoms with Crippen molar-refractivity contribution < 1.29 is 9.13 Å². The topological polar surface area (TPSA) is 33.0 Å². The summed E-state index contributed by atoms with van der Waals surface area (Å²) in [5, 5.41) is 8.49. The molecule has 0 fully saturated rings. The van der Waals surface area contributed by atoms with Crippen LogP contribution in [0.1, 0.15) is 18.6 Å². The molecule has 74 valence electrons. The molecule has 0 aliphatic rings. The monoisotopic (exact) mass is 193 g/mol. The van der Waals surface area contributed by atoms with E-state index in [4.69, 9.17) is 5.26 Å². The van der Waals surface area contributed by atoms with Gasteiger partial charge in [-0.1, -0.05) is 19.6 Å². The number of hydrogen-bond donors (Lipinski definition) is 0. The van der Waals surface area contributed by atoms with Gasteiger partial charge in [-0.25, -0.2) is 0 Å². The third-order valence-corrected chi connectivity index (χ3v) is 1.48. The zero-order chi connectivity index (χ0) is 9.68. The van der Waals surface area contributed by atoms with Gasteiger partial charge in [0.05, 0.1) is 11.6 Å². The maximum Gasteiger partial charge on any atom is 0.265 e. The molecule has 14 heavy (non-hydrogen) atoms. The third kappa shape index (κ3) is 3.72. The normalized spacial score (nSPS) is 8.29. The van der Waals surface area contributed by atoms with Crippen LogP contribution in [-0.2, 0) is 11.3 Å². The molecule has 0 aromatic heterocycles. The predicted molar refractivity (Wildman–Crippen MR) is 52.9 cm³/mol. The summed E-state index contributed by atoms with van der Waals surface area (Å²) < 4.78 is 16.6. The lowest BCUT2D eigenvalue weighted by atomic mass is 10.2. The molecule has 0 heterocycles. The molecular weight excluding hydrogens is 181 g/mol. The van der Waals surface area contributed by atoms with E-state index in [-0.39, 0.29) is 14.0 Å². The molecule has 0 saturated heterocycles. The summed E-state index contributed by atoms with van der Waals surface area (Å²) in [4.78, 5) is 0. The lowest BCUT2D eigenvalue weighted by Gasteiger charge is -2.01. The minimum atomic E-state index is -0.802. The molecule has 0 radical (unpaired) electrons. The molecule has 0 spiro atoms. The van der Waals surface area contributed by atoms with Gasteiger partial charge in [0.2, 0.25) is 0 Å². The van der Waals surface area contributed by atoms with E-state index in [2.05, 4.69) is 11.3 Å². The van der Waals surface area contributed by atoms with Crippen molar-refractivity contribution in [2.24, 2.45) is 0 Å². The van der Waals surface area contributed by atoms with Gasteiger partial charge in [0.25, 0.3) is 6.01 Å². The standard InChI is InChI=1S/C10H8FNO.CH4/c1-8(11)13-7-10-4-2-9(6-12)3-5-10;/h2-5H,1,7H2;1H4. The van der Waals surface area contributed by atoms with Crippen LogP contribution in [0.4, 0.5) is 4.39 Å².